The number of unbranched alkanes of at least 4 members (excludes halogenated alkanes) is 2. The summed E-state index contributed by atoms with van der Waals surface area (Å²) in [5.41, 5.74) is 2.52. The number of anilines is 1. The maximum absolute atomic E-state index is 12.1. The second-order valence-corrected chi connectivity index (χ2v) is 8.69. The Morgan fingerprint density at radius 3 is 2.16 bits per heavy atom. The lowest BCUT2D eigenvalue weighted by atomic mass is 9.87. The summed E-state index contributed by atoms with van der Waals surface area (Å²) < 4.78 is 11.0. The lowest BCUT2D eigenvalue weighted by molar-refractivity contribution is -0.116. The van der Waals surface area contributed by atoms with Crippen molar-refractivity contribution in [2.45, 2.75) is 65.2 Å². The van der Waals surface area contributed by atoms with E-state index in [4.69, 9.17) is 9.47 Å². The van der Waals surface area contributed by atoms with E-state index in [1.165, 1.54) is 5.56 Å². The number of amides is 1. The van der Waals surface area contributed by atoms with Crippen molar-refractivity contribution in [1.29, 1.82) is 0 Å². The van der Waals surface area contributed by atoms with Crippen molar-refractivity contribution in [2.24, 2.45) is 0 Å². The van der Waals surface area contributed by atoms with Crippen molar-refractivity contribution >= 4 is 17.6 Å². The SMILES string of the molecule is CCCCCOC(=O)c1ccc(NC(=O)CCCOc2ccc(C(C)(C)C)cc2)cc1. The van der Waals surface area contributed by atoms with Crippen LogP contribution in [0.1, 0.15) is 75.7 Å². The Morgan fingerprint density at radius 1 is 0.871 bits per heavy atom. The Bertz CT molecular complexity index is 820. The quantitative estimate of drug-likeness (QED) is 0.347. The van der Waals surface area contributed by atoms with Crippen LogP contribution in [0.2, 0.25) is 0 Å². The number of ether oxygens (including phenoxy) is 2. The normalized spacial score (nSPS) is 11.1. The topological polar surface area (TPSA) is 64.6 Å². The molecule has 0 fully saturated rings. The minimum atomic E-state index is -0.332. The molecule has 1 N–H and O–H groups in total. The van der Waals surface area contributed by atoms with Crippen LogP contribution in [0, 0.1) is 0 Å². The fourth-order valence-corrected chi connectivity index (χ4v) is 2.99. The summed E-state index contributed by atoms with van der Waals surface area (Å²) >= 11 is 0. The van der Waals surface area contributed by atoms with Gasteiger partial charge in [-0.25, -0.2) is 4.79 Å². The smallest absolute Gasteiger partial charge is 0.338 e. The Balaban J connectivity index is 1.68. The van der Waals surface area contributed by atoms with Crippen molar-refractivity contribution in [1.82, 2.24) is 0 Å². The van der Waals surface area contributed by atoms with Crippen LogP contribution in [0.3, 0.4) is 0 Å². The van der Waals surface area contributed by atoms with Gasteiger partial charge in [0.25, 0.3) is 0 Å². The third kappa shape index (κ3) is 8.83. The molecule has 2 rings (SSSR count). The van der Waals surface area contributed by atoms with Gasteiger partial charge < -0.3 is 14.8 Å². The molecule has 0 aromatic heterocycles. The Morgan fingerprint density at radius 2 is 1.55 bits per heavy atom. The molecule has 0 radical (unpaired) electrons. The van der Waals surface area contributed by atoms with Gasteiger partial charge in [-0.3, -0.25) is 4.79 Å². The van der Waals surface area contributed by atoms with Crippen LogP contribution in [0.15, 0.2) is 48.5 Å². The molecule has 0 bridgehead atoms. The summed E-state index contributed by atoms with van der Waals surface area (Å²) in [5, 5.41) is 2.84. The molecule has 0 saturated heterocycles. The monoisotopic (exact) mass is 425 g/mol. The minimum Gasteiger partial charge on any atom is -0.494 e. The predicted molar refractivity (Wildman–Crippen MR) is 125 cm³/mol. The van der Waals surface area contributed by atoms with Crippen LogP contribution in [0.5, 0.6) is 5.75 Å². The van der Waals surface area contributed by atoms with Crippen LogP contribution in [-0.2, 0) is 14.9 Å². The summed E-state index contributed by atoms with van der Waals surface area (Å²) in [6.45, 7) is 9.55. The van der Waals surface area contributed by atoms with Crippen LogP contribution >= 0.6 is 0 Å². The lowest BCUT2D eigenvalue weighted by Gasteiger charge is -2.19. The summed E-state index contributed by atoms with van der Waals surface area (Å²) in [6.07, 6.45) is 3.99. The van der Waals surface area contributed by atoms with Gasteiger partial charge in [-0.15, -0.1) is 0 Å². The van der Waals surface area contributed by atoms with Crippen molar-refractivity contribution in [2.75, 3.05) is 18.5 Å². The molecule has 0 atom stereocenters. The first-order valence-electron chi connectivity index (χ1n) is 11.1. The minimum absolute atomic E-state index is 0.0819. The van der Waals surface area contributed by atoms with E-state index < -0.39 is 0 Å². The largest absolute Gasteiger partial charge is 0.494 e. The maximum Gasteiger partial charge on any atom is 0.338 e. The molecule has 5 nitrogen and oxygen atoms in total. The van der Waals surface area contributed by atoms with Gasteiger partial charge in [-0.1, -0.05) is 52.7 Å². The number of nitrogens with one attached hydrogen (secondary N) is 1. The molecule has 0 spiro atoms. The molecule has 0 aliphatic carbocycles. The molecule has 31 heavy (non-hydrogen) atoms. The highest BCUT2D eigenvalue weighted by Crippen LogP contribution is 2.24. The fraction of sp³-hybridized carbons (Fsp3) is 0.462. The molecular weight excluding hydrogens is 390 g/mol. The summed E-state index contributed by atoms with van der Waals surface area (Å²) in [5.74, 6) is 0.397. The molecule has 168 valence electrons. The standard InChI is InChI=1S/C26H35NO4/c1-5-6-7-18-31-25(29)20-10-14-22(15-11-20)27-24(28)9-8-19-30-23-16-12-21(13-17-23)26(2,3)4/h10-17H,5-9,18-19H2,1-4H3,(H,27,28). The number of benzene rings is 2. The van der Waals surface area contributed by atoms with E-state index in [1.807, 2.05) is 12.1 Å². The molecule has 0 aliphatic heterocycles. The molecule has 0 saturated carbocycles. The third-order valence-electron chi connectivity index (χ3n) is 4.92. The predicted octanol–water partition coefficient (Wildman–Crippen LogP) is 6.13. The second-order valence-electron chi connectivity index (χ2n) is 8.69. The zero-order chi connectivity index (χ0) is 22.7. The molecule has 0 unspecified atom stereocenters. The van der Waals surface area contributed by atoms with Crippen molar-refractivity contribution in [3.8, 4) is 5.75 Å². The van der Waals surface area contributed by atoms with Gasteiger partial charge in [0.2, 0.25) is 5.91 Å². The Kier molecular flexibility index (Phi) is 9.57. The average Bonchev–Trinajstić information content (AvgIpc) is 2.74. The summed E-state index contributed by atoms with van der Waals surface area (Å²) in [4.78, 5) is 24.1. The van der Waals surface area contributed by atoms with Gasteiger partial charge in [0.05, 0.1) is 18.8 Å². The molecule has 1 amide bonds. The maximum atomic E-state index is 12.1. The Hall–Kier alpha value is -2.82. The van der Waals surface area contributed by atoms with Crippen LogP contribution in [0.4, 0.5) is 5.69 Å². The first kappa shape index (κ1) is 24.4. The van der Waals surface area contributed by atoms with Gasteiger partial charge in [0.1, 0.15) is 5.75 Å². The zero-order valence-electron chi connectivity index (χ0n) is 19.2. The van der Waals surface area contributed by atoms with Gasteiger partial charge >= 0.3 is 5.97 Å². The second kappa shape index (κ2) is 12.1. The van der Waals surface area contributed by atoms with E-state index in [-0.39, 0.29) is 17.3 Å². The molecular formula is C26H35NO4. The summed E-state index contributed by atoms with van der Waals surface area (Å²) in [6, 6.07) is 14.9. The number of esters is 1. The van der Waals surface area contributed by atoms with Crippen LogP contribution < -0.4 is 10.1 Å². The highest BCUT2D eigenvalue weighted by Gasteiger charge is 2.13. The first-order valence-corrected chi connectivity index (χ1v) is 11.1. The highest BCUT2D eigenvalue weighted by molar-refractivity contribution is 5.93. The van der Waals surface area contributed by atoms with Gasteiger partial charge in [0, 0.05) is 12.1 Å². The average molecular weight is 426 g/mol. The number of carbonyl (C=O) groups is 2. The van der Waals surface area contributed by atoms with E-state index >= 15 is 0 Å². The first-order chi connectivity index (χ1) is 14.8. The summed E-state index contributed by atoms with van der Waals surface area (Å²) in [7, 11) is 0. The number of carbonyl (C=O) groups excluding carboxylic acids is 2. The van der Waals surface area contributed by atoms with E-state index in [2.05, 4.69) is 45.1 Å². The molecule has 5 heteroatoms. The molecule has 0 aliphatic rings. The molecule has 2 aromatic rings. The van der Waals surface area contributed by atoms with E-state index in [1.54, 1.807) is 24.3 Å². The lowest BCUT2D eigenvalue weighted by Crippen LogP contribution is -2.13. The number of rotatable bonds is 11. The van der Waals surface area contributed by atoms with Crippen LogP contribution in [-0.4, -0.2) is 25.1 Å². The third-order valence-corrected chi connectivity index (χ3v) is 4.92. The van der Waals surface area contributed by atoms with Crippen molar-refractivity contribution in [3.63, 3.8) is 0 Å². The van der Waals surface area contributed by atoms with E-state index in [0.717, 1.165) is 25.0 Å². The Labute approximate surface area is 186 Å². The van der Waals surface area contributed by atoms with Gasteiger partial charge in [-0.2, -0.15) is 0 Å². The molecule has 0 heterocycles. The zero-order valence-corrected chi connectivity index (χ0v) is 19.2. The highest BCUT2D eigenvalue weighted by atomic mass is 16.5. The number of hydrogen-bond donors (Lipinski definition) is 1. The van der Waals surface area contributed by atoms with Gasteiger partial charge in [-0.05, 0) is 60.2 Å². The van der Waals surface area contributed by atoms with Crippen LogP contribution in [0.25, 0.3) is 0 Å². The van der Waals surface area contributed by atoms with Gasteiger partial charge in [0.15, 0.2) is 0 Å². The van der Waals surface area contributed by atoms with E-state index in [0.29, 0.717) is 37.3 Å². The van der Waals surface area contributed by atoms with Crippen molar-refractivity contribution < 1.29 is 19.1 Å². The molecule has 2 aromatic carbocycles. The fourth-order valence-electron chi connectivity index (χ4n) is 2.99. The number of hydrogen-bond acceptors (Lipinski definition) is 4. The van der Waals surface area contributed by atoms with E-state index in [9.17, 15) is 9.59 Å². The van der Waals surface area contributed by atoms with Crippen molar-refractivity contribution in [3.05, 3.63) is 59.7 Å².